The summed E-state index contributed by atoms with van der Waals surface area (Å²) in [5.74, 6) is 1.49. The van der Waals surface area contributed by atoms with Crippen molar-refractivity contribution in [3.63, 3.8) is 0 Å². The summed E-state index contributed by atoms with van der Waals surface area (Å²) in [5, 5.41) is 1.02. The van der Waals surface area contributed by atoms with Crippen LogP contribution in [-0.4, -0.2) is 64.3 Å². The standard InChI is InChI=1S/C33H34ClN5O2S/c1-25(40)37-18-20-38(21-19-37)32(41)29-14-12-28(13-15-29)24-42-33-35-30(34)22-31(36-33)39(23-27-10-6-3-7-11-27)17-16-26-8-4-2-5-9-26/h2-15,22H,16-21,23-24H2,1H3. The predicted molar refractivity (Wildman–Crippen MR) is 169 cm³/mol. The summed E-state index contributed by atoms with van der Waals surface area (Å²) in [6, 6.07) is 30.3. The number of halogens is 1. The first-order valence-corrected chi connectivity index (χ1v) is 15.4. The summed E-state index contributed by atoms with van der Waals surface area (Å²) in [6.45, 7) is 5.32. The van der Waals surface area contributed by atoms with Crippen molar-refractivity contribution in [1.29, 1.82) is 0 Å². The Hall–Kier alpha value is -3.88. The van der Waals surface area contributed by atoms with Gasteiger partial charge in [-0.15, -0.1) is 0 Å². The van der Waals surface area contributed by atoms with Gasteiger partial charge in [-0.05, 0) is 35.2 Å². The van der Waals surface area contributed by atoms with Crippen molar-refractivity contribution < 1.29 is 9.59 Å². The molecule has 0 spiro atoms. The van der Waals surface area contributed by atoms with Crippen LogP contribution in [-0.2, 0) is 23.5 Å². The molecule has 1 aliphatic rings. The second kappa shape index (κ2) is 14.3. The smallest absolute Gasteiger partial charge is 0.253 e. The molecule has 1 aliphatic heterocycles. The van der Waals surface area contributed by atoms with Crippen molar-refractivity contribution in [3.8, 4) is 0 Å². The largest absolute Gasteiger partial charge is 0.352 e. The van der Waals surface area contributed by atoms with Crippen molar-refractivity contribution in [2.24, 2.45) is 0 Å². The highest BCUT2D eigenvalue weighted by Crippen LogP contribution is 2.26. The fourth-order valence-electron chi connectivity index (χ4n) is 4.90. The van der Waals surface area contributed by atoms with Gasteiger partial charge in [0.25, 0.3) is 5.91 Å². The van der Waals surface area contributed by atoms with E-state index in [1.165, 1.54) is 22.9 Å². The number of hydrogen-bond donors (Lipinski definition) is 0. The number of anilines is 1. The highest BCUT2D eigenvalue weighted by Gasteiger charge is 2.23. The first-order chi connectivity index (χ1) is 20.4. The summed E-state index contributed by atoms with van der Waals surface area (Å²) in [5.41, 5.74) is 4.18. The first kappa shape index (κ1) is 29.6. The van der Waals surface area contributed by atoms with E-state index in [-0.39, 0.29) is 11.8 Å². The lowest BCUT2D eigenvalue weighted by molar-refractivity contribution is -0.130. The molecule has 4 aromatic rings. The lowest BCUT2D eigenvalue weighted by atomic mass is 10.1. The number of carbonyl (C=O) groups is 2. The maximum atomic E-state index is 13.0. The van der Waals surface area contributed by atoms with Crippen LogP contribution in [0.3, 0.4) is 0 Å². The SMILES string of the molecule is CC(=O)N1CCN(C(=O)c2ccc(CSc3nc(Cl)cc(N(CCc4ccccc4)Cc4ccccc4)n3)cc2)CC1. The lowest BCUT2D eigenvalue weighted by Crippen LogP contribution is -2.50. The number of rotatable bonds is 10. The predicted octanol–water partition coefficient (Wildman–Crippen LogP) is 5.98. The number of thioether (sulfide) groups is 1. The molecule has 216 valence electrons. The summed E-state index contributed by atoms with van der Waals surface area (Å²) < 4.78 is 0. The van der Waals surface area contributed by atoms with E-state index in [1.54, 1.807) is 11.8 Å². The van der Waals surface area contributed by atoms with Crippen LogP contribution in [0.1, 0.15) is 34.0 Å². The summed E-state index contributed by atoms with van der Waals surface area (Å²) >= 11 is 8.02. The van der Waals surface area contributed by atoms with Crippen LogP contribution >= 0.6 is 23.4 Å². The van der Waals surface area contributed by atoms with Crippen LogP contribution < -0.4 is 4.90 Å². The van der Waals surface area contributed by atoms with E-state index >= 15 is 0 Å². The Balaban J connectivity index is 1.24. The van der Waals surface area contributed by atoms with Gasteiger partial charge < -0.3 is 14.7 Å². The van der Waals surface area contributed by atoms with Crippen molar-refractivity contribution in [2.75, 3.05) is 37.6 Å². The first-order valence-electron chi connectivity index (χ1n) is 14.1. The van der Waals surface area contributed by atoms with Gasteiger partial charge in [0.15, 0.2) is 5.16 Å². The lowest BCUT2D eigenvalue weighted by Gasteiger charge is -2.34. The summed E-state index contributed by atoms with van der Waals surface area (Å²) in [4.78, 5) is 39.7. The number of amides is 2. The number of nitrogens with zero attached hydrogens (tertiary/aromatic N) is 5. The second-order valence-electron chi connectivity index (χ2n) is 10.3. The monoisotopic (exact) mass is 599 g/mol. The van der Waals surface area contributed by atoms with Crippen molar-refractivity contribution >= 4 is 41.0 Å². The molecule has 0 unspecified atom stereocenters. The van der Waals surface area contributed by atoms with Gasteiger partial charge >= 0.3 is 0 Å². The van der Waals surface area contributed by atoms with E-state index in [9.17, 15) is 9.59 Å². The quantitative estimate of drug-likeness (QED) is 0.127. The molecular weight excluding hydrogens is 566 g/mol. The maximum Gasteiger partial charge on any atom is 0.253 e. The van der Waals surface area contributed by atoms with Crippen molar-refractivity contribution in [3.05, 3.63) is 118 Å². The number of piperazine rings is 1. The number of hydrogen-bond acceptors (Lipinski definition) is 6. The minimum absolute atomic E-state index is 0.00534. The number of benzene rings is 3. The molecule has 42 heavy (non-hydrogen) atoms. The van der Waals surface area contributed by atoms with E-state index in [0.29, 0.717) is 54.3 Å². The molecule has 3 aromatic carbocycles. The van der Waals surface area contributed by atoms with Crippen LogP contribution in [0.4, 0.5) is 5.82 Å². The van der Waals surface area contributed by atoms with E-state index in [0.717, 1.165) is 24.3 Å². The van der Waals surface area contributed by atoms with Gasteiger partial charge in [-0.3, -0.25) is 9.59 Å². The summed E-state index contributed by atoms with van der Waals surface area (Å²) in [7, 11) is 0. The zero-order valence-corrected chi connectivity index (χ0v) is 25.2. The van der Waals surface area contributed by atoms with Crippen LogP contribution in [0.25, 0.3) is 0 Å². The van der Waals surface area contributed by atoms with Crippen LogP contribution in [0, 0.1) is 0 Å². The maximum absolute atomic E-state index is 13.0. The van der Waals surface area contributed by atoms with Gasteiger partial charge in [-0.2, -0.15) is 0 Å². The highest BCUT2D eigenvalue weighted by molar-refractivity contribution is 7.98. The fraction of sp³-hybridized carbons (Fsp3) is 0.273. The Morgan fingerprint density at radius 3 is 2.07 bits per heavy atom. The molecule has 2 amide bonds. The molecule has 0 radical (unpaired) electrons. The topological polar surface area (TPSA) is 69.6 Å². The van der Waals surface area contributed by atoms with Gasteiger partial charge in [0, 0.05) is 63.6 Å². The average molecular weight is 600 g/mol. The molecule has 0 aliphatic carbocycles. The van der Waals surface area contributed by atoms with Crippen LogP contribution in [0.2, 0.25) is 5.15 Å². The fourth-order valence-corrected chi connectivity index (χ4v) is 5.93. The zero-order valence-electron chi connectivity index (χ0n) is 23.7. The molecule has 0 atom stereocenters. The Morgan fingerprint density at radius 1 is 0.810 bits per heavy atom. The molecule has 0 bridgehead atoms. The molecule has 2 heterocycles. The van der Waals surface area contributed by atoms with Gasteiger partial charge in [0.1, 0.15) is 11.0 Å². The minimum Gasteiger partial charge on any atom is -0.352 e. The average Bonchev–Trinajstić information content (AvgIpc) is 3.02. The van der Waals surface area contributed by atoms with E-state index in [2.05, 4.69) is 46.3 Å². The van der Waals surface area contributed by atoms with Gasteiger partial charge in [-0.25, -0.2) is 9.97 Å². The van der Waals surface area contributed by atoms with Crippen molar-refractivity contribution in [1.82, 2.24) is 19.8 Å². The van der Waals surface area contributed by atoms with Gasteiger partial charge in [0.2, 0.25) is 5.91 Å². The number of aromatic nitrogens is 2. The molecule has 7 nitrogen and oxygen atoms in total. The second-order valence-corrected chi connectivity index (χ2v) is 11.6. The number of carbonyl (C=O) groups excluding carboxylic acids is 2. The van der Waals surface area contributed by atoms with Gasteiger partial charge in [-0.1, -0.05) is 96.2 Å². The minimum atomic E-state index is -0.00534. The van der Waals surface area contributed by atoms with E-state index in [1.807, 2.05) is 59.5 Å². The molecule has 1 saturated heterocycles. The Kier molecular flexibility index (Phi) is 10.1. The highest BCUT2D eigenvalue weighted by atomic mass is 35.5. The summed E-state index contributed by atoms with van der Waals surface area (Å²) in [6.07, 6.45) is 0.884. The normalized spacial score (nSPS) is 13.2. The van der Waals surface area contributed by atoms with E-state index in [4.69, 9.17) is 16.6 Å². The third kappa shape index (κ3) is 8.11. The third-order valence-corrected chi connectivity index (χ3v) is 8.41. The molecular formula is C33H34ClN5O2S. The van der Waals surface area contributed by atoms with Crippen LogP contribution in [0.5, 0.6) is 0 Å². The van der Waals surface area contributed by atoms with Crippen LogP contribution in [0.15, 0.2) is 96.2 Å². The molecule has 1 aromatic heterocycles. The molecule has 1 fully saturated rings. The van der Waals surface area contributed by atoms with Crippen molar-refractivity contribution in [2.45, 2.75) is 30.8 Å². The Bertz CT molecular complexity index is 1480. The third-order valence-electron chi connectivity index (χ3n) is 7.30. The molecule has 5 rings (SSSR count). The molecule has 9 heteroatoms. The molecule has 0 N–H and O–H groups in total. The molecule has 0 saturated carbocycles. The Labute approximate surface area is 256 Å². The van der Waals surface area contributed by atoms with Gasteiger partial charge in [0.05, 0.1) is 0 Å². The zero-order chi connectivity index (χ0) is 29.3. The van der Waals surface area contributed by atoms with E-state index < -0.39 is 0 Å². The Morgan fingerprint density at radius 2 is 1.43 bits per heavy atom.